The molecule has 2 heterocycles. The molecule has 6 nitrogen and oxygen atoms in total. The van der Waals surface area contributed by atoms with Crippen molar-refractivity contribution in [3.05, 3.63) is 63.8 Å². The summed E-state index contributed by atoms with van der Waals surface area (Å²) in [4.78, 5) is 13.3. The number of carbonyl (C=O) groups is 1. The Balaban J connectivity index is 1.26. The average molecular weight is 480 g/mol. The standard InChI is InChI=1S/C27H30ClN3O3/c1-16(2)31-25-9-4-18(10-24(25)26(28)29-31)15-34-22-7-8-23-17(3)20(6-5-19(23)11-22)12-30-13-21(14-30)27(32)33/h4,7-11,16,21H,5-6,12-15H2,1-3H3,(H,32,33). The second kappa shape index (κ2) is 9.08. The molecule has 0 unspecified atom stereocenters. The third-order valence-electron chi connectivity index (χ3n) is 7.05. The lowest BCUT2D eigenvalue weighted by molar-refractivity contribution is -0.147. The maximum absolute atomic E-state index is 11.1. The third-order valence-corrected chi connectivity index (χ3v) is 7.33. The molecule has 34 heavy (non-hydrogen) atoms. The van der Waals surface area contributed by atoms with Crippen molar-refractivity contribution in [2.75, 3.05) is 19.6 Å². The molecule has 5 rings (SSSR count). The van der Waals surface area contributed by atoms with Crippen molar-refractivity contribution >= 4 is 34.0 Å². The molecule has 1 fully saturated rings. The normalized spacial score (nSPS) is 16.7. The van der Waals surface area contributed by atoms with Gasteiger partial charge in [0.15, 0.2) is 5.15 Å². The number of aromatic nitrogens is 2. The van der Waals surface area contributed by atoms with E-state index in [-0.39, 0.29) is 12.0 Å². The number of nitrogens with zero attached hydrogens (tertiary/aromatic N) is 3. The smallest absolute Gasteiger partial charge is 0.309 e. The van der Waals surface area contributed by atoms with Gasteiger partial charge in [-0.1, -0.05) is 29.3 Å². The van der Waals surface area contributed by atoms with Crippen LogP contribution in [-0.2, 0) is 17.8 Å². The number of benzene rings is 2. The number of carboxylic acid groups (broad SMARTS) is 1. The van der Waals surface area contributed by atoms with Crippen LogP contribution in [0.4, 0.5) is 0 Å². The molecular formula is C27H30ClN3O3. The highest BCUT2D eigenvalue weighted by Crippen LogP contribution is 2.35. The topological polar surface area (TPSA) is 67.6 Å². The van der Waals surface area contributed by atoms with Crippen molar-refractivity contribution < 1.29 is 14.6 Å². The van der Waals surface area contributed by atoms with Gasteiger partial charge in [0.2, 0.25) is 0 Å². The van der Waals surface area contributed by atoms with Crippen LogP contribution in [0.25, 0.3) is 16.5 Å². The highest BCUT2D eigenvalue weighted by molar-refractivity contribution is 6.34. The number of carboxylic acids is 1. The van der Waals surface area contributed by atoms with Crippen molar-refractivity contribution in [3.63, 3.8) is 0 Å². The van der Waals surface area contributed by atoms with Gasteiger partial charge in [0.1, 0.15) is 12.4 Å². The molecule has 0 radical (unpaired) electrons. The minimum absolute atomic E-state index is 0.209. The number of hydrogen-bond acceptors (Lipinski definition) is 4. The van der Waals surface area contributed by atoms with Gasteiger partial charge in [0.05, 0.1) is 11.4 Å². The Kier molecular flexibility index (Phi) is 6.13. The molecule has 0 amide bonds. The van der Waals surface area contributed by atoms with E-state index in [1.165, 1.54) is 22.3 Å². The minimum Gasteiger partial charge on any atom is -0.489 e. The first-order chi connectivity index (χ1) is 16.3. The van der Waals surface area contributed by atoms with Crippen molar-refractivity contribution in [2.24, 2.45) is 5.92 Å². The summed E-state index contributed by atoms with van der Waals surface area (Å²) in [5.74, 6) is -0.0251. The van der Waals surface area contributed by atoms with E-state index in [0.717, 1.165) is 41.6 Å². The van der Waals surface area contributed by atoms with Crippen LogP contribution in [0.5, 0.6) is 5.75 Å². The Morgan fingerprint density at radius 1 is 1.21 bits per heavy atom. The van der Waals surface area contributed by atoms with Gasteiger partial charge in [-0.25, -0.2) is 0 Å². The Morgan fingerprint density at radius 3 is 2.74 bits per heavy atom. The van der Waals surface area contributed by atoms with Crippen LogP contribution in [0.1, 0.15) is 49.9 Å². The molecular weight excluding hydrogens is 450 g/mol. The van der Waals surface area contributed by atoms with Gasteiger partial charge in [-0.2, -0.15) is 5.10 Å². The fourth-order valence-corrected chi connectivity index (χ4v) is 5.25. The summed E-state index contributed by atoms with van der Waals surface area (Å²) in [7, 11) is 0. The first-order valence-electron chi connectivity index (χ1n) is 11.9. The zero-order valence-electron chi connectivity index (χ0n) is 19.8. The summed E-state index contributed by atoms with van der Waals surface area (Å²) in [6.45, 7) is 9.01. The maximum atomic E-state index is 11.1. The molecule has 2 aromatic carbocycles. The largest absolute Gasteiger partial charge is 0.489 e. The molecule has 1 saturated heterocycles. The van der Waals surface area contributed by atoms with Crippen LogP contribution in [0.2, 0.25) is 5.15 Å². The summed E-state index contributed by atoms with van der Waals surface area (Å²) < 4.78 is 8.09. The lowest BCUT2D eigenvalue weighted by Crippen LogP contribution is -2.50. The highest BCUT2D eigenvalue weighted by atomic mass is 35.5. The lowest BCUT2D eigenvalue weighted by Gasteiger charge is -2.38. The molecule has 1 aliphatic heterocycles. The summed E-state index contributed by atoms with van der Waals surface area (Å²) in [5.41, 5.74) is 7.40. The summed E-state index contributed by atoms with van der Waals surface area (Å²) in [6, 6.07) is 12.8. The third kappa shape index (κ3) is 4.32. The van der Waals surface area contributed by atoms with Gasteiger partial charge in [-0.05, 0) is 80.1 Å². The van der Waals surface area contributed by atoms with Crippen molar-refractivity contribution in [2.45, 2.75) is 46.3 Å². The fourth-order valence-electron chi connectivity index (χ4n) is 5.02. The van der Waals surface area contributed by atoms with Crippen LogP contribution >= 0.6 is 11.6 Å². The van der Waals surface area contributed by atoms with Gasteiger partial charge in [0.25, 0.3) is 0 Å². The van der Waals surface area contributed by atoms with E-state index in [1.807, 2.05) is 10.7 Å². The Morgan fingerprint density at radius 2 is 2.00 bits per heavy atom. The van der Waals surface area contributed by atoms with Crippen LogP contribution in [-0.4, -0.2) is 45.4 Å². The molecule has 3 aromatic rings. The number of ether oxygens (including phenoxy) is 1. The number of likely N-dealkylation sites (tertiary alicyclic amines) is 1. The molecule has 0 atom stereocenters. The van der Waals surface area contributed by atoms with E-state index in [4.69, 9.17) is 21.4 Å². The molecule has 1 N–H and O–H groups in total. The predicted octanol–water partition coefficient (Wildman–Crippen LogP) is 5.59. The number of hydrogen-bond donors (Lipinski definition) is 1. The van der Waals surface area contributed by atoms with E-state index >= 15 is 0 Å². The monoisotopic (exact) mass is 479 g/mol. The fraction of sp³-hybridized carbons (Fsp3) is 0.407. The molecule has 0 spiro atoms. The van der Waals surface area contributed by atoms with E-state index < -0.39 is 5.97 Å². The zero-order valence-corrected chi connectivity index (χ0v) is 20.6. The first kappa shape index (κ1) is 22.9. The molecule has 7 heteroatoms. The number of allylic oxidation sites excluding steroid dienone is 1. The molecule has 1 aliphatic carbocycles. The lowest BCUT2D eigenvalue weighted by atomic mass is 9.85. The van der Waals surface area contributed by atoms with Gasteiger partial charge in [0, 0.05) is 31.1 Å². The SMILES string of the molecule is CC1=C(CN2CC(C(=O)O)C2)CCc2cc(OCc3ccc4c(c3)c(Cl)nn4C(C)C)ccc21. The number of halogens is 1. The van der Waals surface area contributed by atoms with Gasteiger partial charge in [-0.3, -0.25) is 14.4 Å². The zero-order chi connectivity index (χ0) is 24.0. The van der Waals surface area contributed by atoms with E-state index in [2.05, 4.69) is 61.1 Å². The molecule has 0 bridgehead atoms. The van der Waals surface area contributed by atoms with Crippen LogP contribution in [0, 0.1) is 5.92 Å². The second-order valence-corrected chi connectivity index (χ2v) is 10.1. The number of aliphatic carboxylic acids is 1. The Hall–Kier alpha value is -2.83. The quantitative estimate of drug-likeness (QED) is 0.478. The molecule has 0 saturated carbocycles. The predicted molar refractivity (Wildman–Crippen MR) is 134 cm³/mol. The summed E-state index contributed by atoms with van der Waals surface area (Å²) in [5, 5.41) is 15.0. The summed E-state index contributed by atoms with van der Waals surface area (Å²) >= 11 is 6.37. The first-order valence-corrected chi connectivity index (χ1v) is 12.2. The van der Waals surface area contributed by atoms with Crippen molar-refractivity contribution in [1.82, 2.24) is 14.7 Å². The number of fused-ring (bicyclic) bond motifs is 2. The Bertz CT molecular complexity index is 1290. The van der Waals surface area contributed by atoms with Crippen molar-refractivity contribution in [1.29, 1.82) is 0 Å². The van der Waals surface area contributed by atoms with E-state index in [9.17, 15) is 4.79 Å². The van der Waals surface area contributed by atoms with Gasteiger partial charge < -0.3 is 9.84 Å². The number of rotatable bonds is 7. The minimum atomic E-state index is -0.683. The maximum Gasteiger partial charge on any atom is 0.309 e. The molecule has 178 valence electrons. The van der Waals surface area contributed by atoms with Gasteiger partial charge in [-0.15, -0.1) is 0 Å². The van der Waals surface area contributed by atoms with Crippen LogP contribution in [0.3, 0.4) is 0 Å². The number of aryl methyl sites for hydroxylation is 1. The summed E-state index contributed by atoms with van der Waals surface area (Å²) in [6.07, 6.45) is 1.98. The molecule has 1 aromatic heterocycles. The van der Waals surface area contributed by atoms with Crippen LogP contribution < -0.4 is 4.74 Å². The van der Waals surface area contributed by atoms with E-state index in [1.54, 1.807) is 0 Å². The van der Waals surface area contributed by atoms with Crippen molar-refractivity contribution in [3.8, 4) is 5.75 Å². The van der Waals surface area contributed by atoms with Gasteiger partial charge >= 0.3 is 5.97 Å². The second-order valence-electron chi connectivity index (χ2n) is 9.75. The average Bonchev–Trinajstić information content (AvgIpc) is 3.12. The highest BCUT2D eigenvalue weighted by Gasteiger charge is 2.33. The van der Waals surface area contributed by atoms with E-state index in [0.29, 0.717) is 24.8 Å². The van der Waals surface area contributed by atoms with Crippen LogP contribution in [0.15, 0.2) is 42.0 Å². The Labute approximate surface area is 204 Å². The molecule has 2 aliphatic rings.